The van der Waals surface area contributed by atoms with Gasteiger partial charge in [-0.25, -0.2) is 0 Å². The third-order valence-electron chi connectivity index (χ3n) is 4.14. The molecule has 0 aromatic heterocycles. The van der Waals surface area contributed by atoms with Crippen LogP contribution in [0.2, 0.25) is 0 Å². The molecule has 1 unspecified atom stereocenters. The van der Waals surface area contributed by atoms with Gasteiger partial charge in [0.15, 0.2) is 0 Å². The maximum Gasteiger partial charge on any atom is 0.127 e. The number of fused-ring (bicyclic) bond motifs is 1. The summed E-state index contributed by atoms with van der Waals surface area (Å²) in [6.45, 7) is 8.18. The molecule has 0 saturated heterocycles. The van der Waals surface area contributed by atoms with Crippen LogP contribution in [0, 0.1) is 12.8 Å². The molecule has 0 N–H and O–H groups in total. The van der Waals surface area contributed by atoms with E-state index in [1.165, 1.54) is 16.7 Å². The minimum Gasteiger partial charge on any atom is -0.485 e. The monoisotopic (exact) mass is 264 g/mol. The minimum absolute atomic E-state index is 0.167. The van der Waals surface area contributed by atoms with Crippen LogP contribution in [0.25, 0.3) is 6.08 Å². The van der Waals surface area contributed by atoms with E-state index in [1.54, 1.807) is 0 Å². The lowest BCUT2D eigenvalue weighted by Crippen LogP contribution is -2.11. The Bertz CT molecular complexity index is 642. The summed E-state index contributed by atoms with van der Waals surface area (Å²) < 4.78 is 6.26. The molecular weight excluding hydrogens is 244 g/mol. The van der Waals surface area contributed by atoms with E-state index in [2.05, 4.69) is 56.8 Å². The Morgan fingerprint density at radius 1 is 1.20 bits per heavy atom. The summed E-state index contributed by atoms with van der Waals surface area (Å²) in [4.78, 5) is 0. The van der Waals surface area contributed by atoms with Crippen LogP contribution >= 0.6 is 0 Å². The third kappa shape index (κ3) is 2.24. The summed E-state index contributed by atoms with van der Waals surface area (Å²) in [6, 6.07) is 14.8. The molecule has 1 aliphatic carbocycles. The van der Waals surface area contributed by atoms with E-state index in [-0.39, 0.29) is 6.10 Å². The minimum atomic E-state index is 0.167. The Hall–Kier alpha value is -2.02. The van der Waals surface area contributed by atoms with Gasteiger partial charge in [-0.3, -0.25) is 0 Å². The molecule has 20 heavy (non-hydrogen) atoms. The van der Waals surface area contributed by atoms with Crippen molar-refractivity contribution in [3.05, 3.63) is 71.3 Å². The van der Waals surface area contributed by atoms with Gasteiger partial charge in [0.05, 0.1) is 0 Å². The molecule has 0 fully saturated rings. The highest BCUT2D eigenvalue weighted by Crippen LogP contribution is 2.39. The molecule has 2 aromatic carbocycles. The average molecular weight is 264 g/mol. The largest absolute Gasteiger partial charge is 0.485 e. The molecule has 2 aromatic rings. The molecule has 0 bridgehead atoms. The summed E-state index contributed by atoms with van der Waals surface area (Å²) in [7, 11) is 0. The Kier molecular flexibility index (Phi) is 3.35. The highest BCUT2D eigenvalue weighted by molar-refractivity contribution is 5.53. The van der Waals surface area contributed by atoms with E-state index in [0.717, 1.165) is 17.7 Å². The van der Waals surface area contributed by atoms with Crippen LogP contribution in [-0.4, -0.2) is 0 Å². The smallest absolute Gasteiger partial charge is 0.127 e. The van der Waals surface area contributed by atoms with Crippen molar-refractivity contribution in [2.45, 2.75) is 26.4 Å². The van der Waals surface area contributed by atoms with Crippen molar-refractivity contribution in [2.75, 3.05) is 0 Å². The zero-order valence-corrected chi connectivity index (χ0v) is 12.1. The Morgan fingerprint density at radius 3 is 2.75 bits per heavy atom. The van der Waals surface area contributed by atoms with Crippen LogP contribution < -0.4 is 4.74 Å². The van der Waals surface area contributed by atoms with Gasteiger partial charge < -0.3 is 4.74 Å². The van der Waals surface area contributed by atoms with E-state index in [9.17, 15) is 0 Å². The second-order valence-corrected chi connectivity index (χ2v) is 5.64. The highest BCUT2D eigenvalue weighted by atomic mass is 16.5. The molecule has 1 aliphatic rings. The summed E-state index contributed by atoms with van der Waals surface area (Å²) in [5, 5.41) is 0. The predicted molar refractivity (Wildman–Crippen MR) is 83.9 cm³/mol. The maximum absolute atomic E-state index is 6.26. The maximum atomic E-state index is 6.26. The Morgan fingerprint density at radius 2 is 2.00 bits per heavy atom. The molecule has 1 nitrogen and oxygen atoms in total. The quantitative estimate of drug-likeness (QED) is 0.762. The van der Waals surface area contributed by atoms with Crippen molar-refractivity contribution < 1.29 is 4.74 Å². The van der Waals surface area contributed by atoms with Crippen LogP contribution in [0.1, 0.15) is 35.3 Å². The zero-order valence-electron chi connectivity index (χ0n) is 12.1. The molecular formula is C19H20O. The van der Waals surface area contributed by atoms with Gasteiger partial charge >= 0.3 is 0 Å². The number of ether oxygens (including phenoxy) is 1. The van der Waals surface area contributed by atoms with E-state index >= 15 is 0 Å². The van der Waals surface area contributed by atoms with E-state index in [1.807, 2.05) is 12.1 Å². The van der Waals surface area contributed by atoms with Crippen molar-refractivity contribution in [2.24, 2.45) is 5.92 Å². The first-order valence-corrected chi connectivity index (χ1v) is 7.16. The number of hydrogen-bond donors (Lipinski definition) is 0. The molecule has 102 valence electrons. The SMILES string of the molecule is C=Cc1ccc(OC2c3ccccc3C[C@H]2C)cc1C. The molecule has 2 atom stereocenters. The number of rotatable bonds is 3. The molecule has 0 saturated carbocycles. The van der Waals surface area contributed by atoms with Gasteiger partial charge in [-0.05, 0) is 47.7 Å². The first-order valence-electron chi connectivity index (χ1n) is 7.16. The Balaban J connectivity index is 1.88. The average Bonchev–Trinajstić information content (AvgIpc) is 2.76. The number of hydrogen-bond acceptors (Lipinski definition) is 1. The van der Waals surface area contributed by atoms with Crippen molar-refractivity contribution >= 4 is 6.08 Å². The predicted octanol–water partition coefficient (Wildman–Crippen LogP) is 4.95. The molecule has 1 heteroatoms. The first-order chi connectivity index (χ1) is 9.69. The van der Waals surface area contributed by atoms with Crippen molar-refractivity contribution in [3.8, 4) is 5.75 Å². The highest BCUT2D eigenvalue weighted by Gasteiger charge is 2.30. The summed E-state index contributed by atoms with van der Waals surface area (Å²) in [6.07, 6.45) is 3.15. The van der Waals surface area contributed by atoms with Gasteiger partial charge in [0.2, 0.25) is 0 Å². The molecule has 0 spiro atoms. The fourth-order valence-corrected chi connectivity index (χ4v) is 3.03. The second kappa shape index (κ2) is 5.16. The lowest BCUT2D eigenvalue weighted by Gasteiger charge is -2.20. The fourth-order valence-electron chi connectivity index (χ4n) is 3.03. The molecule has 0 aliphatic heterocycles. The second-order valence-electron chi connectivity index (χ2n) is 5.64. The molecule has 0 heterocycles. The van der Waals surface area contributed by atoms with Gasteiger partial charge in [0.1, 0.15) is 11.9 Å². The van der Waals surface area contributed by atoms with Crippen LogP contribution in [-0.2, 0) is 6.42 Å². The van der Waals surface area contributed by atoms with Gasteiger partial charge in [-0.2, -0.15) is 0 Å². The van der Waals surface area contributed by atoms with E-state index in [4.69, 9.17) is 4.74 Å². The van der Waals surface area contributed by atoms with Gasteiger partial charge in [0, 0.05) is 5.92 Å². The van der Waals surface area contributed by atoms with Crippen LogP contribution in [0.3, 0.4) is 0 Å². The van der Waals surface area contributed by atoms with Gasteiger partial charge in [-0.15, -0.1) is 0 Å². The number of benzene rings is 2. The Labute approximate surface area is 120 Å². The standard InChI is InChI=1S/C19H20O/c1-4-15-9-10-17(12-13(15)2)20-19-14(3)11-16-7-5-6-8-18(16)19/h4-10,12,14,19H,1,11H2,2-3H3/t14-,19?/m1/s1. The van der Waals surface area contributed by atoms with Crippen LogP contribution in [0.5, 0.6) is 5.75 Å². The van der Waals surface area contributed by atoms with Gasteiger partial charge in [-0.1, -0.05) is 49.9 Å². The van der Waals surface area contributed by atoms with Gasteiger partial charge in [0.25, 0.3) is 0 Å². The first kappa shape index (κ1) is 13.0. The van der Waals surface area contributed by atoms with E-state index < -0.39 is 0 Å². The summed E-state index contributed by atoms with van der Waals surface area (Å²) in [5.74, 6) is 1.47. The van der Waals surface area contributed by atoms with Crippen molar-refractivity contribution in [3.63, 3.8) is 0 Å². The summed E-state index contributed by atoms with van der Waals surface area (Å²) >= 11 is 0. The van der Waals surface area contributed by atoms with Crippen LogP contribution in [0.15, 0.2) is 49.0 Å². The fraction of sp³-hybridized carbons (Fsp3) is 0.263. The molecule has 3 rings (SSSR count). The zero-order chi connectivity index (χ0) is 14.1. The summed E-state index contributed by atoms with van der Waals surface area (Å²) in [5.41, 5.74) is 5.13. The lowest BCUT2D eigenvalue weighted by atomic mass is 10.1. The topological polar surface area (TPSA) is 9.23 Å². The number of aryl methyl sites for hydroxylation is 1. The normalized spacial score (nSPS) is 20.5. The van der Waals surface area contributed by atoms with Crippen LogP contribution in [0.4, 0.5) is 0 Å². The molecule has 0 radical (unpaired) electrons. The third-order valence-corrected chi connectivity index (χ3v) is 4.14. The van der Waals surface area contributed by atoms with Crippen molar-refractivity contribution in [1.82, 2.24) is 0 Å². The molecule has 0 amide bonds. The lowest BCUT2D eigenvalue weighted by molar-refractivity contribution is 0.159. The van der Waals surface area contributed by atoms with E-state index in [0.29, 0.717) is 5.92 Å². The van der Waals surface area contributed by atoms with Crippen molar-refractivity contribution in [1.29, 1.82) is 0 Å².